The number of hydrogen-bond donors (Lipinski definition) is 0. The van der Waals surface area contributed by atoms with Crippen LogP contribution in [0.15, 0.2) is 23.3 Å². The molecule has 0 radical (unpaired) electrons. The van der Waals surface area contributed by atoms with Crippen molar-refractivity contribution in [3.8, 4) is 0 Å². The van der Waals surface area contributed by atoms with Gasteiger partial charge < -0.3 is 0 Å². The average molecular weight is 164 g/mol. The molecule has 0 aromatic heterocycles. The highest BCUT2D eigenvalue weighted by Crippen LogP contribution is 2.29. The minimum Gasteiger partial charge on any atom is -0.0810 e. The van der Waals surface area contributed by atoms with Crippen molar-refractivity contribution < 1.29 is 0 Å². The molecule has 0 N–H and O–H groups in total. The van der Waals surface area contributed by atoms with Crippen molar-refractivity contribution >= 4 is 0 Å². The maximum Gasteiger partial charge on any atom is -0.0165 e. The van der Waals surface area contributed by atoms with Gasteiger partial charge in [0.05, 0.1) is 0 Å². The Bertz CT molecular complexity index is 196. The van der Waals surface area contributed by atoms with Crippen molar-refractivity contribution in [3.63, 3.8) is 0 Å². The van der Waals surface area contributed by atoms with Crippen LogP contribution in [0.3, 0.4) is 0 Å². The van der Waals surface area contributed by atoms with Gasteiger partial charge in [-0.2, -0.15) is 0 Å². The van der Waals surface area contributed by atoms with Crippen LogP contribution in [-0.4, -0.2) is 0 Å². The van der Waals surface area contributed by atoms with E-state index in [1.54, 1.807) is 5.57 Å². The lowest BCUT2D eigenvalue weighted by molar-refractivity contribution is 0.536. The van der Waals surface area contributed by atoms with Crippen LogP contribution in [-0.2, 0) is 0 Å². The molecule has 0 amide bonds. The third-order valence-corrected chi connectivity index (χ3v) is 2.71. The predicted octanol–water partition coefficient (Wildman–Crippen LogP) is 4.09. The first kappa shape index (κ1) is 9.57. The molecule has 0 aliphatic heterocycles. The molecule has 0 spiro atoms. The summed E-state index contributed by atoms with van der Waals surface area (Å²) in [6.07, 6.45) is 9.94. The van der Waals surface area contributed by atoms with Crippen molar-refractivity contribution in [2.24, 2.45) is 5.92 Å². The van der Waals surface area contributed by atoms with E-state index in [4.69, 9.17) is 0 Å². The van der Waals surface area contributed by atoms with E-state index >= 15 is 0 Å². The average Bonchev–Trinajstić information content (AvgIpc) is 2.08. The highest BCUT2D eigenvalue weighted by atomic mass is 14.2. The van der Waals surface area contributed by atoms with Gasteiger partial charge in [0.1, 0.15) is 0 Å². The SMILES string of the molecule is CCCC1CC=C(C)C=C1CC. The van der Waals surface area contributed by atoms with E-state index in [1.807, 2.05) is 0 Å². The monoisotopic (exact) mass is 164 g/mol. The van der Waals surface area contributed by atoms with Gasteiger partial charge in [0, 0.05) is 0 Å². The zero-order valence-electron chi connectivity index (χ0n) is 8.56. The third-order valence-electron chi connectivity index (χ3n) is 2.71. The fourth-order valence-electron chi connectivity index (χ4n) is 1.99. The second-order valence-electron chi connectivity index (χ2n) is 3.74. The van der Waals surface area contributed by atoms with E-state index in [0.29, 0.717) is 0 Å². The van der Waals surface area contributed by atoms with Crippen LogP contribution < -0.4 is 0 Å². The third kappa shape index (κ3) is 2.23. The molecule has 0 fully saturated rings. The Morgan fingerprint density at radius 3 is 2.75 bits per heavy atom. The molecule has 1 aliphatic carbocycles. The van der Waals surface area contributed by atoms with Gasteiger partial charge >= 0.3 is 0 Å². The van der Waals surface area contributed by atoms with Gasteiger partial charge in [0.2, 0.25) is 0 Å². The van der Waals surface area contributed by atoms with Crippen LogP contribution in [0.25, 0.3) is 0 Å². The lowest BCUT2D eigenvalue weighted by Gasteiger charge is -2.21. The second-order valence-corrected chi connectivity index (χ2v) is 3.74. The van der Waals surface area contributed by atoms with Gasteiger partial charge in [-0.05, 0) is 32.1 Å². The van der Waals surface area contributed by atoms with E-state index in [0.717, 1.165) is 5.92 Å². The fraction of sp³-hybridized carbons (Fsp3) is 0.667. The van der Waals surface area contributed by atoms with E-state index < -0.39 is 0 Å². The quantitative estimate of drug-likeness (QED) is 0.589. The summed E-state index contributed by atoms with van der Waals surface area (Å²) in [4.78, 5) is 0. The van der Waals surface area contributed by atoms with Gasteiger partial charge in [0.15, 0.2) is 0 Å². The maximum absolute atomic E-state index is 2.38. The molecule has 1 unspecified atom stereocenters. The molecule has 0 bridgehead atoms. The summed E-state index contributed by atoms with van der Waals surface area (Å²) in [5.74, 6) is 0.851. The molecule has 0 heteroatoms. The van der Waals surface area contributed by atoms with Crippen LogP contribution in [0, 0.1) is 5.92 Å². The Morgan fingerprint density at radius 1 is 1.42 bits per heavy atom. The first-order valence-electron chi connectivity index (χ1n) is 5.15. The van der Waals surface area contributed by atoms with Gasteiger partial charge in [-0.25, -0.2) is 0 Å². The smallest absolute Gasteiger partial charge is 0.0165 e. The van der Waals surface area contributed by atoms with Gasteiger partial charge in [0.25, 0.3) is 0 Å². The molecular formula is C12H20. The summed E-state index contributed by atoms with van der Waals surface area (Å²) in [5.41, 5.74) is 3.12. The molecule has 1 atom stereocenters. The second kappa shape index (κ2) is 4.49. The van der Waals surface area contributed by atoms with Crippen molar-refractivity contribution in [2.75, 3.05) is 0 Å². The van der Waals surface area contributed by atoms with Crippen molar-refractivity contribution in [2.45, 2.75) is 46.5 Å². The van der Waals surface area contributed by atoms with Crippen LogP contribution in [0.2, 0.25) is 0 Å². The molecule has 0 heterocycles. The Labute approximate surface area is 76.4 Å². The molecule has 1 aliphatic rings. The number of hydrogen-bond acceptors (Lipinski definition) is 0. The Hall–Kier alpha value is -0.520. The van der Waals surface area contributed by atoms with Crippen LogP contribution in [0.4, 0.5) is 0 Å². The zero-order valence-corrected chi connectivity index (χ0v) is 8.56. The summed E-state index contributed by atoms with van der Waals surface area (Å²) >= 11 is 0. The van der Waals surface area contributed by atoms with Crippen molar-refractivity contribution in [3.05, 3.63) is 23.3 Å². The normalized spacial score (nSPS) is 23.4. The van der Waals surface area contributed by atoms with E-state index in [2.05, 4.69) is 32.9 Å². The molecule has 1 rings (SSSR count). The van der Waals surface area contributed by atoms with Crippen LogP contribution in [0.1, 0.15) is 46.5 Å². The summed E-state index contributed by atoms with van der Waals surface area (Å²) in [6.45, 7) is 6.75. The standard InChI is InChI=1S/C12H20/c1-4-6-12-8-7-10(3)9-11(12)5-2/h7,9,12H,4-6,8H2,1-3H3. The first-order chi connectivity index (χ1) is 5.77. The highest BCUT2D eigenvalue weighted by molar-refractivity contribution is 5.28. The fourth-order valence-corrected chi connectivity index (χ4v) is 1.99. The number of allylic oxidation sites excluding steroid dienone is 4. The van der Waals surface area contributed by atoms with E-state index in [-0.39, 0.29) is 0 Å². The first-order valence-corrected chi connectivity index (χ1v) is 5.15. The van der Waals surface area contributed by atoms with Crippen molar-refractivity contribution in [1.29, 1.82) is 0 Å². The Morgan fingerprint density at radius 2 is 2.17 bits per heavy atom. The minimum absolute atomic E-state index is 0.851. The molecule has 0 aromatic rings. The molecule has 68 valence electrons. The zero-order chi connectivity index (χ0) is 8.97. The Kier molecular flexibility index (Phi) is 3.58. The minimum atomic E-state index is 0.851. The lowest BCUT2D eigenvalue weighted by Crippen LogP contribution is -2.06. The van der Waals surface area contributed by atoms with Crippen molar-refractivity contribution in [1.82, 2.24) is 0 Å². The molecule has 0 nitrogen and oxygen atoms in total. The summed E-state index contributed by atoms with van der Waals surface area (Å²) < 4.78 is 0. The summed E-state index contributed by atoms with van der Waals surface area (Å²) in [5, 5.41) is 0. The summed E-state index contributed by atoms with van der Waals surface area (Å²) in [7, 11) is 0. The topological polar surface area (TPSA) is 0 Å². The van der Waals surface area contributed by atoms with E-state index in [9.17, 15) is 0 Å². The van der Waals surface area contributed by atoms with Crippen LogP contribution in [0.5, 0.6) is 0 Å². The predicted molar refractivity (Wildman–Crippen MR) is 55.1 cm³/mol. The molecule has 0 aromatic carbocycles. The highest BCUT2D eigenvalue weighted by Gasteiger charge is 2.13. The molecule has 12 heavy (non-hydrogen) atoms. The number of rotatable bonds is 3. The molecule has 0 saturated heterocycles. The Balaban J connectivity index is 2.63. The van der Waals surface area contributed by atoms with E-state index in [1.165, 1.54) is 31.3 Å². The maximum atomic E-state index is 2.38. The largest absolute Gasteiger partial charge is 0.0810 e. The van der Waals surface area contributed by atoms with Crippen LogP contribution >= 0.6 is 0 Å². The lowest BCUT2D eigenvalue weighted by atomic mass is 9.84. The van der Waals surface area contributed by atoms with Gasteiger partial charge in [-0.3, -0.25) is 0 Å². The summed E-state index contributed by atoms with van der Waals surface area (Å²) in [6, 6.07) is 0. The van der Waals surface area contributed by atoms with Gasteiger partial charge in [-0.15, -0.1) is 0 Å². The molecular weight excluding hydrogens is 144 g/mol. The molecule has 0 saturated carbocycles. The van der Waals surface area contributed by atoms with Gasteiger partial charge in [-0.1, -0.05) is 43.6 Å².